The molecule has 3 N–H and O–H groups in total. The van der Waals surface area contributed by atoms with Crippen LogP contribution in [-0.2, 0) is 0 Å². The number of aromatic nitrogens is 1. The van der Waals surface area contributed by atoms with E-state index in [0.29, 0.717) is 5.69 Å². The molecule has 0 unspecified atom stereocenters. The number of nitrogens with zero attached hydrogens (tertiary/aromatic N) is 1. The Morgan fingerprint density at radius 1 is 1.07 bits per heavy atom. The van der Waals surface area contributed by atoms with Gasteiger partial charge in [-0.15, -0.1) is 0 Å². The van der Waals surface area contributed by atoms with Gasteiger partial charge in [-0.1, -0.05) is 15.9 Å². The van der Waals surface area contributed by atoms with Crippen LogP contribution in [0.15, 0.2) is 47.2 Å². The van der Waals surface area contributed by atoms with Gasteiger partial charge in [-0.2, -0.15) is 0 Å². The van der Waals surface area contributed by atoms with Crippen molar-refractivity contribution in [3.63, 3.8) is 0 Å². The molecule has 1 heterocycles. The van der Waals surface area contributed by atoms with Crippen LogP contribution in [0.2, 0.25) is 0 Å². The molecule has 1 aromatic carbocycles. The van der Waals surface area contributed by atoms with Crippen LogP contribution in [0.5, 0.6) is 0 Å². The summed E-state index contributed by atoms with van der Waals surface area (Å²) in [6.45, 7) is 0. The van der Waals surface area contributed by atoms with Crippen molar-refractivity contribution >= 4 is 33.0 Å². The second-order valence-corrected chi connectivity index (χ2v) is 4.05. The van der Waals surface area contributed by atoms with Crippen LogP contribution in [-0.4, -0.2) is 4.98 Å². The van der Waals surface area contributed by atoms with E-state index in [0.717, 1.165) is 15.8 Å². The maximum atomic E-state index is 5.63. The summed E-state index contributed by atoms with van der Waals surface area (Å²) in [5.41, 5.74) is 8.17. The number of hydrogen-bond acceptors (Lipinski definition) is 3. The summed E-state index contributed by atoms with van der Waals surface area (Å²) in [6.07, 6.45) is 3.35. The molecule has 0 bridgehead atoms. The van der Waals surface area contributed by atoms with Gasteiger partial charge in [0.25, 0.3) is 0 Å². The Morgan fingerprint density at radius 3 is 2.47 bits per heavy atom. The van der Waals surface area contributed by atoms with Gasteiger partial charge in [0.15, 0.2) is 0 Å². The summed E-state index contributed by atoms with van der Waals surface area (Å²) in [4.78, 5) is 4.00. The standard InChI is InChI=1S/C11H10BrN3/c12-8-1-3-10(4-2-8)15-11-5-9(13)6-14-7-11/h1-7,15H,13H2. The highest BCUT2D eigenvalue weighted by molar-refractivity contribution is 9.10. The molecule has 2 aromatic rings. The Balaban J connectivity index is 2.18. The molecule has 0 amide bonds. The molecule has 0 atom stereocenters. The molecule has 0 saturated carbocycles. The highest BCUT2D eigenvalue weighted by Gasteiger charge is 1.95. The van der Waals surface area contributed by atoms with Crippen LogP contribution in [0.25, 0.3) is 0 Å². The third-order valence-corrected chi connectivity index (χ3v) is 2.42. The van der Waals surface area contributed by atoms with Crippen molar-refractivity contribution in [3.05, 3.63) is 47.2 Å². The SMILES string of the molecule is Nc1cncc(Nc2ccc(Br)cc2)c1. The van der Waals surface area contributed by atoms with Gasteiger partial charge in [0.2, 0.25) is 0 Å². The third-order valence-electron chi connectivity index (χ3n) is 1.89. The number of anilines is 3. The van der Waals surface area contributed by atoms with Gasteiger partial charge in [-0.3, -0.25) is 4.98 Å². The number of rotatable bonds is 2. The van der Waals surface area contributed by atoms with E-state index >= 15 is 0 Å². The largest absolute Gasteiger partial charge is 0.397 e. The minimum atomic E-state index is 0.650. The van der Waals surface area contributed by atoms with E-state index in [-0.39, 0.29) is 0 Å². The van der Waals surface area contributed by atoms with Crippen LogP contribution < -0.4 is 11.1 Å². The highest BCUT2D eigenvalue weighted by atomic mass is 79.9. The monoisotopic (exact) mass is 263 g/mol. The summed E-state index contributed by atoms with van der Waals surface area (Å²) in [5.74, 6) is 0. The number of nitrogens with one attached hydrogen (secondary N) is 1. The van der Waals surface area contributed by atoms with Crippen molar-refractivity contribution in [1.82, 2.24) is 4.98 Å². The lowest BCUT2D eigenvalue weighted by Crippen LogP contribution is -1.93. The Bertz CT molecular complexity index is 454. The van der Waals surface area contributed by atoms with Crippen molar-refractivity contribution in [2.24, 2.45) is 0 Å². The predicted octanol–water partition coefficient (Wildman–Crippen LogP) is 3.17. The lowest BCUT2D eigenvalue weighted by molar-refractivity contribution is 1.32. The van der Waals surface area contributed by atoms with Crippen LogP contribution in [0, 0.1) is 0 Å². The fraction of sp³-hybridized carbons (Fsp3) is 0. The molecule has 4 heteroatoms. The predicted molar refractivity (Wildman–Crippen MR) is 66.1 cm³/mol. The zero-order valence-electron chi connectivity index (χ0n) is 7.94. The molecule has 1 aromatic heterocycles. The Labute approximate surface area is 96.5 Å². The molecule has 0 radical (unpaired) electrons. The summed E-state index contributed by atoms with van der Waals surface area (Å²) in [6, 6.07) is 9.75. The minimum absolute atomic E-state index is 0.650. The molecule has 0 saturated heterocycles. The first-order chi connectivity index (χ1) is 7.24. The molecule has 0 fully saturated rings. The minimum Gasteiger partial charge on any atom is -0.397 e. The zero-order valence-corrected chi connectivity index (χ0v) is 9.53. The van der Waals surface area contributed by atoms with Crippen molar-refractivity contribution in [2.75, 3.05) is 11.1 Å². The van der Waals surface area contributed by atoms with Crippen LogP contribution in [0.1, 0.15) is 0 Å². The summed E-state index contributed by atoms with van der Waals surface area (Å²) in [7, 11) is 0. The smallest absolute Gasteiger partial charge is 0.0591 e. The van der Waals surface area contributed by atoms with Crippen molar-refractivity contribution in [2.45, 2.75) is 0 Å². The van der Waals surface area contributed by atoms with Crippen molar-refractivity contribution in [1.29, 1.82) is 0 Å². The normalized spacial score (nSPS) is 9.93. The topological polar surface area (TPSA) is 50.9 Å². The van der Waals surface area contributed by atoms with E-state index in [9.17, 15) is 0 Å². The summed E-state index contributed by atoms with van der Waals surface area (Å²) < 4.78 is 1.05. The average molecular weight is 264 g/mol. The number of halogens is 1. The quantitative estimate of drug-likeness (QED) is 0.875. The third kappa shape index (κ3) is 2.70. The molecule has 15 heavy (non-hydrogen) atoms. The van der Waals surface area contributed by atoms with Gasteiger partial charge in [0.1, 0.15) is 0 Å². The number of pyridine rings is 1. The van der Waals surface area contributed by atoms with Gasteiger partial charge in [-0.05, 0) is 30.3 Å². The zero-order chi connectivity index (χ0) is 10.7. The van der Waals surface area contributed by atoms with E-state index < -0.39 is 0 Å². The van der Waals surface area contributed by atoms with Crippen molar-refractivity contribution in [3.8, 4) is 0 Å². The first-order valence-electron chi connectivity index (χ1n) is 4.47. The van der Waals surface area contributed by atoms with E-state index in [1.807, 2.05) is 30.3 Å². The fourth-order valence-electron chi connectivity index (χ4n) is 1.23. The molecular weight excluding hydrogens is 254 g/mol. The molecule has 0 aliphatic rings. The molecular formula is C11H10BrN3. The summed E-state index contributed by atoms with van der Waals surface area (Å²) in [5, 5.41) is 3.21. The van der Waals surface area contributed by atoms with E-state index in [4.69, 9.17) is 5.73 Å². The van der Waals surface area contributed by atoms with E-state index in [1.54, 1.807) is 12.4 Å². The van der Waals surface area contributed by atoms with Crippen LogP contribution in [0.3, 0.4) is 0 Å². The lowest BCUT2D eigenvalue weighted by Gasteiger charge is -2.06. The lowest BCUT2D eigenvalue weighted by atomic mass is 10.3. The fourth-order valence-corrected chi connectivity index (χ4v) is 1.49. The summed E-state index contributed by atoms with van der Waals surface area (Å²) >= 11 is 3.38. The first kappa shape index (κ1) is 9.98. The first-order valence-corrected chi connectivity index (χ1v) is 5.26. The molecule has 0 aliphatic carbocycles. The van der Waals surface area contributed by atoms with E-state index in [2.05, 4.69) is 26.2 Å². The van der Waals surface area contributed by atoms with E-state index in [1.165, 1.54) is 0 Å². The molecule has 2 rings (SSSR count). The maximum absolute atomic E-state index is 5.63. The maximum Gasteiger partial charge on any atom is 0.0591 e. The molecule has 76 valence electrons. The highest BCUT2D eigenvalue weighted by Crippen LogP contribution is 2.19. The van der Waals surface area contributed by atoms with Crippen LogP contribution in [0.4, 0.5) is 17.1 Å². The Kier molecular flexibility index (Phi) is 2.87. The van der Waals surface area contributed by atoms with Gasteiger partial charge in [-0.25, -0.2) is 0 Å². The van der Waals surface area contributed by atoms with Gasteiger partial charge >= 0.3 is 0 Å². The number of benzene rings is 1. The molecule has 0 spiro atoms. The van der Waals surface area contributed by atoms with Gasteiger partial charge < -0.3 is 11.1 Å². The second-order valence-electron chi connectivity index (χ2n) is 3.14. The molecule has 0 aliphatic heterocycles. The Morgan fingerprint density at radius 2 is 1.80 bits per heavy atom. The number of hydrogen-bond donors (Lipinski definition) is 2. The average Bonchev–Trinajstić information content (AvgIpc) is 2.22. The number of nitrogens with two attached hydrogens (primary N) is 1. The van der Waals surface area contributed by atoms with Crippen molar-refractivity contribution < 1.29 is 0 Å². The Hall–Kier alpha value is -1.55. The molecule has 3 nitrogen and oxygen atoms in total. The van der Waals surface area contributed by atoms with Crippen LogP contribution >= 0.6 is 15.9 Å². The van der Waals surface area contributed by atoms with Gasteiger partial charge in [0.05, 0.1) is 17.6 Å². The van der Waals surface area contributed by atoms with Gasteiger partial charge in [0, 0.05) is 16.4 Å². The number of nitrogen functional groups attached to an aromatic ring is 1. The second kappa shape index (κ2) is 4.31.